The van der Waals surface area contributed by atoms with Crippen LogP contribution in [0.4, 0.5) is 11.5 Å². The molecule has 0 bridgehead atoms. The Labute approximate surface area is 115 Å². The molecule has 1 aromatic carbocycles. The van der Waals surface area contributed by atoms with Crippen LogP contribution in [0, 0.1) is 11.3 Å². The van der Waals surface area contributed by atoms with Gasteiger partial charge in [0.1, 0.15) is 11.9 Å². The second kappa shape index (κ2) is 5.25. The van der Waals surface area contributed by atoms with Crippen LogP contribution in [0.5, 0.6) is 0 Å². The summed E-state index contributed by atoms with van der Waals surface area (Å²) in [5, 5.41) is 11.7. The summed E-state index contributed by atoms with van der Waals surface area (Å²) in [6.07, 6.45) is 2.94. The molecule has 2 rings (SSSR count). The quantitative estimate of drug-likeness (QED) is 0.895. The number of nitrogens with one attached hydrogen (secondary N) is 1. The fourth-order valence-corrected chi connectivity index (χ4v) is 2.39. The van der Waals surface area contributed by atoms with Crippen molar-refractivity contribution in [1.29, 1.82) is 5.26 Å². The lowest BCUT2D eigenvalue weighted by Crippen LogP contribution is -1.97. The summed E-state index contributed by atoms with van der Waals surface area (Å²) >= 11 is 6.88. The van der Waals surface area contributed by atoms with Gasteiger partial charge < -0.3 is 5.32 Å². The molecule has 0 radical (unpaired) electrons. The highest BCUT2D eigenvalue weighted by molar-refractivity contribution is 9.11. The maximum Gasteiger partial charge on any atom is 0.158 e. The summed E-state index contributed by atoms with van der Waals surface area (Å²) in [4.78, 5) is 8.03. The molecule has 0 aliphatic heterocycles. The van der Waals surface area contributed by atoms with Gasteiger partial charge in [-0.15, -0.1) is 0 Å². The lowest BCUT2D eigenvalue weighted by molar-refractivity contribution is 1.16. The summed E-state index contributed by atoms with van der Waals surface area (Å²) in [5.74, 6) is 0.580. The van der Waals surface area contributed by atoms with E-state index in [-0.39, 0.29) is 0 Å². The molecule has 0 spiro atoms. The molecule has 0 amide bonds. The third kappa shape index (κ3) is 2.81. The molecule has 1 heterocycles. The van der Waals surface area contributed by atoms with E-state index < -0.39 is 0 Å². The number of halogens is 2. The molecule has 0 fully saturated rings. The van der Waals surface area contributed by atoms with E-state index in [9.17, 15) is 0 Å². The average Bonchev–Trinajstić information content (AvgIpc) is 2.35. The van der Waals surface area contributed by atoms with E-state index in [2.05, 4.69) is 47.1 Å². The molecule has 0 saturated heterocycles. The van der Waals surface area contributed by atoms with Crippen LogP contribution in [-0.2, 0) is 0 Å². The summed E-state index contributed by atoms with van der Waals surface area (Å²) in [6, 6.07) is 7.68. The first-order valence-corrected chi connectivity index (χ1v) is 6.22. The number of nitriles is 1. The summed E-state index contributed by atoms with van der Waals surface area (Å²) in [6.45, 7) is 0. The van der Waals surface area contributed by atoms with Crippen LogP contribution in [0.15, 0.2) is 39.5 Å². The minimum atomic E-state index is 0.293. The third-order valence-corrected chi connectivity index (χ3v) is 3.30. The van der Waals surface area contributed by atoms with Crippen molar-refractivity contribution in [1.82, 2.24) is 9.97 Å². The number of benzene rings is 1. The van der Waals surface area contributed by atoms with Crippen molar-refractivity contribution in [3.05, 3.63) is 45.2 Å². The molecular weight excluding hydrogens is 348 g/mol. The Hall–Kier alpha value is -1.45. The van der Waals surface area contributed by atoms with E-state index in [0.717, 1.165) is 14.6 Å². The smallest absolute Gasteiger partial charge is 0.158 e. The van der Waals surface area contributed by atoms with Gasteiger partial charge in [-0.05, 0) is 44.0 Å². The van der Waals surface area contributed by atoms with Gasteiger partial charge in [-0.3, -0.25) is 0 Å². The van der Waals surface area contributed by atoms with E-state index >= 15 is 0 Å². The number of nitrogens with zero attached hydrogens (tertiary/aromatic N) is 3. The van der Waals surface area contributed by atoms with Gasteiger partial charge in [0.05, 0.1) is 18.1 Å². The minimum Gasteiger partial charge on any atom is -0.337 e. The fraction of sp³-hybridized carbons (Fsp3) is 0. The van der Waals surface area contributed by atoms with E-state index in [4.69, 9.17) is 5.26 Å². The van der Waals surface area contributed by atoms with Crippen LogP contribution >= 0.6 is 31.9 Å². The number of para-hydroxylation sites is 1. The molecule has 17 heavy (non-hydrogen) atoms. The summed E-state index contributed by atoms with van der Waals surface area (Å²) < 4.78 is 1.83. The normalized spacial score (nSPS) is 9.71. The zero-order valence-corrected chi connectivity index (χ0v) is 11.7. The second-order valence-corrected chi connectivity index (χ2v) is 4.83. The van der Waals surface area contributed by atoms with Gasteiger partial charge in [0.25, 0.3) is 0 Å². The van der Waals surface area contributed by atoms with Crippen LogP contribution in [0.3, 0.4) is 0 Å². The van der Waals surface area contributed by atoms with Gasteiger partial charge in [-0.25, -0.2) is 9.97 Å². The SMILES string of the molecule is N#Cc1cnc(Nc2c(Br)cccc2Br)cn1. The molecule has 0 aliphatic rings. The molecule has 0 atom stereocenters. The van der Waals surface area contributed by atoms with E-state index in [0.29, 0.717) is 11.5 Å². The van der Waals surface area contributed by atoms with Crippen molar-refractivity contribution >= 4 is 43.4 Å². The van der Waals surface area contributed by atoms with Crippen molar-refractivity contribution in [2.45, 2.75) is 0 Å². The third-order valence-electron chi connectivity index (χ3n) is 1.98. The van der Waals surface area contributed by atoms with Crippen LogP contribution < -0.4 is 5.32 Å². The first kappa shape index (κ1) is 12.0. The molecule has 0 unspecified atom stereocenters. The standard InChI is InChI=1S/C11H6Br2N4/c12-8-2-1-3-9(13)11(8)17-10-6-15-7(4-14)5-16-10/h1-3,5-6H,(H,16,17). The largest absolute Gasteiger partial charge is 0.337 e. The molecule has 84 valence electrons. The molecular formula is C11H6Br2N4. The van der Waals surface area contributed by atoms with Gasteiger partial charge in [0.2, 0.25) is 0 Å². The Bertz CT molecular complexity index is 555. The van der Waals surface area contributed by atoms with E-state index in [1.165, 1.54) is 12.4 Å². The number of hydrogen-bond donors (Lipinski definition) is 1. The number of hydrogen-bond acceptors (Lipinski definition) is 4. The molecule has 0 aliphatic carbocycles. The predicted octanol–water partition coefficient (Wildman–Crippen LogP) is 3.62. The summed E-state index contributed by atoms with van der Waals surface area (Å²) in [7, 11) is 0. The Morgan fingerprint density at radius 3 is 2.35 bits per heavy atom. The van der Waals surface area contributed by atoms with E-state index in [1.807, 2.05) is 24.3 Å². The van der Waals surface area contributed by atoms with Gasteiger partial charge in [-0.2, -0.15) is 5.26 Å². The highest BCUT2D eigenvalue weighted by Crippen LogP contribution is 2.32. The molecule has 4 nitrogen and oxygen atoms in total. The minimum absolute atomic E-state index is 0.293. The molecule has 0 saturated carbocycles. The van der Waals surface area contributed by atoms with Crippen molar-refractivity contribution < 1.29 is 0 Å². The molecule has 2 aromatic rings. The molecule has 1 N–H and O–H groups in total. The van der Waals surface area contributed by atoms with Crippen molar-refractivity contribution in [2.24, 2.45) is 0 Å². The van der Waals surface area contributed by atoms with E-state index in [1.54, 1.807) is 0 Å². The van der Waals surface area contributed by atoms with Crippen LogP contribution in [-0.4, -0.2) is 9.97 Å². The van der Waals surface area contributed by atoms with Gasteiger partial charge in [0, 0.05) is 8.95 Å². The maximum absolute atomic E-state index is 8.62. The monoisotopic (exact) mass is 352 g/mol. The number of aromatic nitrogens is 2. The van der Waals surface area contributed by atoms with Crippen LogP contribution in [0.25, 0.3) is 0 Å². The van der Waals surface area contributed by atoms with Gasteiger partial charge in [0.15, 0.2) is 5.69 Å². The predicted molar refractivity (Wildman–Crippen MR) is 71.9 cm³/mol. The number of rotatable bonds is 2. The Morgan fingerprint density at radius 2 is 1.82 bits per heavy atom. The fourth-order valence-electron chi connectivity index (χ4n) is 1.20. The van der Waals surface area contributed by atoms with Crippen molar-refractivity contribution in [3.63, 3.8) is 0 Å². The lowest BCUT2D eigenvalue weighted by Gasteiger charge is -2.09. The van der Waals surface area contributed by atoms with Crippen LogP contribution in [0.2, 0.25) is 0 Å². The first-order chi connectivity index (χ1) is 8.20. The Morgan fingerprint density at radius 1 is 1.12 bits per heavy atom. The Balaban J connectivity index is 2.29. The molecule has 1 aromatic heterocycles. The first-order valence-electron chi connectivity index (χ1n) is 4.64. The maximum atomic E-state index is 8.62. The number of anilines is 2. The average molecular weight is 354 g/mol. The van der Waals surface area contributed by atoms with Gasteiger partial charge in [-0.1, -0.05) is 6.07 Å². The zero-order valence-electron chi connectivity index (χ0n) is 8.48. The Kier molecular flexibility index (Phi) is 3.71. The van der Waals surface area contributed by atoms with Gasteiger partial charge >= 0.3 is 0 Å². The van der Waals surface area contributed by atoms with Crippen molar-refractivity contribution in [2.75, 3.05) is 5.32 Å². The highest BCUT2D eigenvalue weighted by atomic mass is 79.9. The molecule has 6 heteroatoms. The summed E-state index contributed by atoms with van der Waals surface area (Å²) in [5.41, 5.74) is 1.16. The zero-order chi connectivity index (χ0) is 12.3. The topological polar surface area (TPSA) is 61.6 Å². The second-order valence-electron chi connectivity index (χ2n) is 3.12. The lowest BCUT2D eigenvalue weighted by atomic mass is 10.3. The van der Waals surface area contributed by atoms with Crippen molar-refractivity contribution in [3.8, 4) is 6.07 Å². The van der Waals surface area contributed by atoms with Crippen LogP contribution in [0.1, 0.15) is 5.69 Å². The highest BCUT2D eigenvalue weighted by Gasteiger charge is 2.05.